The summed E-state index contributed by atoms with van der Waals surface area (Å²) in [5.41, 5.74) is 0.495. The van der Waals surface area contributed by atoms with Gasteiger partial charge in [0.1, 0.15) is 11.6 Å². The highest BCUT2D eigenvalue weighted by molar-refractivity contribution is 6.42. The number of ether oxygens (including phenoxy) is 1. The molecule has 0 aliphatic rings. The number of amides is 1. The summed E-state index contributed by atoms with van der Waals surface area (Å²) < 4.78 is 18.0. The van der Waals surface area contributed by atoms with Crippen LogP contribution in [-0.4, -0.2) is 12.5 Å². The fraction of sp³-hybridized carbons (Fsp3) is 0.0714. The summed E-state index contributed by atoms with van der Waals surface area (Å²) in [5.74, 6) is -0.286. The molecule has 3 nitrogen and oxygen atoms in total. The second-order valence-corrected chi connectivity index (χ2v) is 4.73. The van der Waals surface area contributed by atoms with Gasteiger partial charge in [0, 0.05) is 11.8 Å². The van der Waals surface area contributed by atoms with E-state index in [1.54, 1.807) is 12.1 Å². The van der Waals surface area contributed by atoms with Crippen molar-refractivity contribution < 1.29 is 13.9 Å². The Labute approximate surface area is 125 Å². The molecule has 2 aromatic carbocycles. The summed E-state index contributed by atoms with van der Waals surface area (Å²) in [6.45, 7) is -0.185. The Morgan fingerprint density at radius 3 is 2.45 bits per heavy atom. The van der Waals surface area contributed by atoms with Crippen LogP contribution in [-0.2, 0) is 4.79 Å². The zero-order valence-electron chi connectivity index (χ0n) is 10.2. The van der Waals surface area contributed by atoms with Gasteiger partial charge in [0.15, 0.2) is 6.61 Å². The highest BCUT2D eigenvalue weighted by atomic mass is 35.5. The summed E-state index contributed by atoms with van der Waals surface area (Å²) in [4.78, 5) is 11.6. The van der Waals surface area contributed by atoms with E-state index in [-0.39, 0.29) is 18.3 Å². The van der Waals surface area contributed by atoms with Crippen LogP contribution >= 0.6 is 23.2 Å². The van der Waals surface area contributed by atoms with Gasteiger partial charge in [0.25, 0.3) is 5.91 Å². The van der Waals surface area contributed by atoms with Crippen molar-refractivity contribution >= 4 is 34.8 Å². The fourth-order valence-corrected chi connectivity index (χ4v) is 1.73. The first-order valence-electron chi connectivity index (χ1n) is 5.68. The normalized spacial score (nSPS) is 10.2. The number of hydrogen-bond acceptors (Lipinski definition) is 2. The largest absolute Gasteiger partial charge is 0.484 e. The third-order valence-electron chi connectivity index (χ3n) is 2.39. The van der Waals surface area contributed by atoms with Crippen molar-refractivity contribution in [3.05, 3.63) is 58.3 Å². The highest BCUT2D eigenvalue weighted by Gasteiger charge is 2.05. The van der Waals surface area contributed by atoms with Crippen LogP contribution in [0, 0.1) is 5.82 Å². The van der Waals surface area contributed by atoms with Crippen LogP contribution in [0.4, 0.5) is 10.1 Å². The highest BCUT2D eigenvalue weighted by Crippen LogP contribution is 2.26. The van der Waals surface area contributed by atoms with Gasteiger partial charge in [-0.25, -0.2) is 4.39 Å². The first-order valence-corrected chi connectivity index (χ1v) is 6.43. The van der Waals surface area contributed by atoms with E-state index >= 15 is 0 Å². The van der Waals surface area contributed by atoms with Crippen LogP contribution < -0.4 is 10.1 Å². The summed E-state index contributed by atoms with van der Waals surface area (Å²) in [5, 5.41) is 3.34. The third kappa shape index (κ3) is 4.11. The number of hydrogen-bond donors (Lipinski definition) is 1. The molecule has 6 heteroatoms. The Kier molecular flexibility index (Phi) is 4.82. The van der Waals surface area contributed by atoms with E-state index in [1.165, 1.54) is 30.3 Å². The molecule has 20 heavy (non-hydrogen) atoms. The average molecular weight is 314 g/mol. The molecule has 2 aromatic rings. The number of carbonyl (C=O) groups excluding carboxylic acids is 1. The van der Waals surface area contributed by atoms with E-state index in [4.69, 9.17) is 27.9 Å². The summed E-state index contributed by atoms with van der Waals surface area (Å²) in [6, 6.07) is 10.2. The minimum absolute atomic E-state index is 0.185. The van der Waals surface area contributed by atoms with Crippen LogP contribution in [0.25, 0.3) is 0 Å². The first kappa shape index (κ1) is 14.6. The number of carbonyl (C=O) groups is 1. The van der Waals surface area contributed by atoms with Gasteiger partial charge in [-0.1, -0.05) is 23.2 Å². The zero-order valence-corrected chi connectivity index (χ0v) is 11.7. The third-order valence-corrected chi connectivity index (χ3v) is 3.13. The molecule has 0 aliphatic carbocycles. The number of halogens is 3. The summed E-state index contributed by atoms with van der Waals surface area (Å²) in [6.07, 6.45) is 0. The molecule has 2 rings (SSSR count). The van der Waals surface area contributed by atoms with Gasteiger partial charge in [-0.2, -0.15) is 0 Å². The molecule has 0 aliphatic heterocycles. The van der Waals surface area contributed by atoms with Crippen molar-refractivity contribution in [1.82, 2.24) is 0 Å². The van der Waals surface area contributed by atoms with Crippen molar-refractivity contribution in [3.8, 4) is 5.75 Å². The maximum Gasteiger partial charge on any atom is 0.262 e. The van der Waals surface area contributed by atoms with Gasteiger partial charge < -0.3 is 10.1 Å². The molecular formula is C14H10Cl2FNO2. The lowest BCUT2D eigenvalue weighted by Gasteiger charge is -2.08. The topological polar surface area (TPSA) is 38.3 Å². The molecular weight excluding hydrogens is 304 g/mol. The van der Waals surface area contributed by atoms with Crippen molar-refractivity contribution in [2.24, 2.45) is 0 Å². The van der Waals surface area contributed by atoms with E-state index in [2.05, 4.69) is 5.32 Å². The standard InChI is InChI=1S/C14H10Cl2FNO2/c15-12-6-5-11(7-13(12)16)20-8-14(19)18-10-3-1-9(17)2-4-10/h1-7H,8H2,(H,18,19). The molecule has 104 valence electrons. The van der Waals surface area contributed by atoms with Crippen molar-refractivity contribution in [2.45, 2.75) is 0 Å². The van der Waals surface area contributed by atoms with E-state index in [1.807, 2.05) is 0 Å². The van der Waals surface area contributed by atoms with Crippen LogP contribution in [0.3, 0.4) is 0 Å². The van der Waals surface area contributed by atoms with Crippen molar-refractivity contribution in [1.29, 1.82) is 0 Å². The van der Waals surface area contributed by atoms with E-state index < -0.39 is 0 Å². The zero-order chi connectivity index (χ0) is 14.5. The molecule has 0 heterocycles. The predicted molar refractivity (Wildman–Crippen MR) is 77.0 cm³/mol. The molecule has 0 spiro atoms. The lowest BCUT2D eigenvalue weighted by atomic mass is 10.3. The monoisotopic (exact) mass is 313 g/mol. The summed E-state index contributed by atoms with van der Waals surface area (Å²) >= 11 is 11.6. The molecule has 0 atom stereocenters. The molecule has 0 bridgehead atoms. The Morgan fingerprint density at radius 2 is 1.80 bits per heavy atom. The van der Waals surface area contributed by atoms with E-state index in [0.717, 1.165) is 0 Å². The molecule has 0 saturated carbocycles. The van der Waals surface area contributed by atoms with Gasteiger partial charge in [-0.05, 0) is 36.4 Å². The number of benzene rings is 2. The number of nitrogens with one attached hydrogen (secondary N) is 1. The number of anilines is 1. The molecule has 0 fully saturated rings. The van der Waals surface area contributed by atoms with Crippen LogP contribution in [0.5, 0.6) is 5.75 Å². The Bertz CT molecular complexity index is 617. The van der Waals surface area contributed by atoms with E-state index in [9.17, 15) is 9.18 Å². The first-order chi connectivity index (χ1) is 9.54. The summed E-state index contributed by atoms with van der Waals surface area (Å²) in [7, 11) is 0. The Hall–Kier alpha value is -1.78. The molecule has 0 saturated heterocycles. The number of rotatable bonds is 4. The molecule has 0 radical (unpaired) electrons. The lowest BCUT2D eigenvalue weighted by molar-refractivity contribution is -0.118. The lowest BCUT2D eigenvalue weighted by Crippen LogP contribution is -2.20. The van der Waals surface area contributed by atoms with Crippen molar-refractivity contribution in [2.75, 3.05) is 11.9 Å². The maximum absolute atomic E-state index is 12.7. The smallest absolute Gasteiger partial charge is 0.262 e. The SMILES string of the molecule is O=C(COc1ccc(Cl)c(Cl)c1)Nc1ccc(F)cc1. The van der Waals surface area contributed by atoms with Gasteiger partial charge in [0.05, 0.1) is 10.0 Å². The van der Waals surface area contributed by atoms with Gasteiger partial charge >= 0.3 is 0 Å². The molecule has 0 aromatic heterocycles. The van der Waals surface area contributed by atoms with Gasteiger partial charge in [-0.3, -0.25) is 4.79 Å². The second kappa shape index (κ2) is 6.59. The van der Waals surface area contributed by atoms with Crippen molar-refractivity contribution in [3.63, 3.8) is 0 Å². The quantitative estimate of drug-likeness (QED) is 0.920. The second-order valence-electron chi connectivity index (χ2n) is 3.92. The maximum atomic E-state index is 12.7. The van der Waals surface area contributed by atoms with E-state index in [0.29, 0.717) is 21.5 Å². The minimum Gasteiger partial charge on any atom is -0.484 e. The molecule has 0 unspecified atom stereocenters. The van der Waals surface area contributed by atoms with Crippen LogP contribution in [0.1, 0.15) is 0 Å². The minimum atomic E-state index is -0.366. The average Bonchev–Trinajstić information content (AvgIpc) is 2.43. The van der Waals surface area contributed by atoms with Gasteiger partial charge in [0.2, 0.25) is 0 Å². The molecule has 1 amide bonds. The van der Waals surface area contributed by atoms with Crippen LogP contribution in [0.15, 0.2) is 42.5 Å². The molecule has 1 N–H and O–H groups in total. The predicted octanol–water partition coefficient (Wildman–Crippen LogP) is 4.15. The Morgan fingerprint density at radius 1 is 1.10 bits per heavy atom. The fourth-order valence-electron chi connectivity index (χ4n) is 1.45. The van der Waals surface area contributed by atoms with Crippen LogP contribution in [0.2, 0.25) is 10.0 Å². The Balaban J connectivity index is 1.88. The van der Waals surface area contributed by atoms with Gasteiger partial charge in [-0.15, -0.1) is 0 Å².